The molecule has 2 unspecified atom stereocenters. The zero-order chi connectivity index (χ0) is 21.8. The fraction of sp³-hybridized carbons (Fsp3) is 0.208. The van der Waals surface area contributed by atoms with Crippen molar-refractivity contribution in [3.63, 3.8) is 0 Å². The number of rotatable bonds is 7. The molecule has 1 aromatic heterocycles. The van der Waals surface area contributed by atoms with Crippen molar-refractivity contribution in [2.24, 2.45) is 0 Å². The van der Waals surface area contributed by atoms with Crippen molar-refractivity contribution in [1.29, 1.82) is 0 Å². The minimum atomic E-state index is -1.30. The lowest BCUT2D eigenvalue weighted by atomic mass is 9.98. The molecule has 4 rings (SSSR count). The second-order valence-electron chi connectivity index (χ2n) is 7.39. The second-order valence-corrected chi connectivity index (χ2v) is 7.39. The lowest BCUT2D eigenvalue weighted by Crippen LogP contribution is -2.36. The summed E-state index contributed by atoms with van der Waals surface area (Å²) in [5.41, 5.74) is 5.05. The molecule has 0 spiro atoms. The van der Waals surface area contributed by atoms with Crippen molar-refractivity contribution >= 4 is 12.4 Å². The number of benzene rings is 2. The second kappa shape index (κ2) is 9.07. The van der Waals surface area contributed by atoms with Crippen molar-refractivity contribution in [2.75, 3.05) is 13.2 Å². The van der Waals surface area contributed by atoms with Crippen molar-refractivity contribution in [2.45, 2.75) is 18.1 Å². The maximum Gasteiger partial charge on any atom is 0.407 e. The predicted molar refractivity (Wildman–Crippen MR) is 114 cm³/mol. The van der Waals surface area contributed by atoms with Gasteiger partial charge in [0.2, 0.25) is 0 Å². The van der Waals surface area contributed by atoms with Crippen LogP contribution in [0.15, 0.2) is 67.0 Å². The van der Waals surface area contributed by atoms with Crippen LogP contribution >= 0.6 is 0 Å². The minimum Gasteiger partial charge on any atom is -0.449 e. The number of ether oxygens (including phenoxy) is 1. The van der Waals surface area contributed by atoms with Gasteiger partial charge in [-0.05, 0) is 28.3 Å². The summed E-state index contributed by atoms with van der Waals surface area (Å²) in [6.07, 6.45) is 0.0295. The Balaban J connectivity index is 1.34. The Morgan fingerprint density at radius 1 is 1.06 bits per heavy atom. The summed E-state index contributed by atoms with van der Waals surface area (Å²) >= 11 is 0. The number of aldehydes is 1. The van der Waals surface area contributed by atoms with Gasteiger partial charge in [-0.15, -0.1) is 0 Å². The third-order valence-corrected chi connectivity index (χ3v) is 5.42. The average Bonchev–Trinajstić information content (AvgIpc) is 3.14. The van der Waals surface area contributed by atoms with Gasteiger partial charge in [-0.3, -0.25) is 9.78 Å². The SMILES string of the molecule is O=Cc1cncc(C(O)C(O)CNC(=O)OCC2c3ccccc3-c3ccccc32)c1. The van der Waals surface area contributed by atoms with Gasteiger partial charge in [0.05, 0.1) is 0 Å². The van der Waals surface area contributed by atoms with Gasteiger partial charge in [0.15, 0.2) is 6.29 Å². The van der Waals surface area contributed by atoms with E-state index in [1.165, 1.54) is 18.5 Å². The van der Waals surface area contributed by atoms with Crippen LogP contribution in [0.3, 0.4) is 0 Å². The number of amides is 1. The van der Waals surface area contributed by atoms with E-state index in [4.69, 9.17) is 4.74 Å². The van der Waals surface area contributed by atoms with Crippen molar-refractivity contribution in [1.82, 2.24) is 10.3 Å². The first-order valence-corrected chi connectivity index (χ1v) is 9.93. The summed E-state index contributed by atoms with van der Waals surface area (Å²) in [6, 6.07) is 17.5. The van der Waals surface area contributed by atoms with Crippen LogP contribution in [0.2, 0.25) is 0 Å². The number of alkyl carbamates (subject to hydrolysis) is 1. The van der Waals surface area contributed by atoms with Crippen LogP contribution in [0.25, 0.3) is 11.1 Å². The highest BCUT2D eigenvalue weighted by molar-refractivity contribution is 5.79. The van der Waals surface area contributed by atoms with E-state index >= 15 is 0 Å². The molecule has 0 aliphatic heterocycles. The number of aliphatic hydroxyl groups excluding tert-OH is 2. The van der Waals surface area contributed by atoms with E-state index in [2.05, 4.69) is 22.4 Å². The molecule has 0 fully saturated rings. The normalized spacial score (nSPS) is 14.3. The smallest absolute Gasteiger partial charge is 0.407 e. The van der Waals surface area contributed by atoms with Crippen molar-refractivity contribution < 1.29 is 24.5 Å². The molecule has 31 heavy (non-hydrogen) atoms. The fourth-order valence-electron chi connectivity index (χ4n) is 3.87. The van der Waals surface area contributed by atoms with E-state index in [1.54, 1.807) is 0 Å². The Bertz CT molecular complexity index is 1060. The molecule has 0 radical (unpaired) electrons. The zero-order valence-electron chi connectivity index (χ0n) is 16.6. The third-order valence-electron chi connectivity index (χ3n) is 5.42. The molecule has 2 atom stereocenters. The molecule has 0 bridgehead atoms. The molecule has 7 heteroatoms. The van der Waals surface area contributed by atoms with E-state index in [0.717, 1.165) is 22.3 Å². The number of aromatic nitrogens is 1. The lowest BCUT2D eigenvalue weighted by Gasteiger charge is -2.19. The number of carbonyl (C=O) groups excluding carboxylic acids is 2. The number of carbonyl (C=O) groups is 2. The maximum absolute atomic E-state index is 12.2. The minimum absolute atomic E-state index is 0.0641. The van der Waals surface area contributed by atoms with Gasteiger partial charge in [0.25, 0.3) is 0 Å². The van der Waals surface area contributed by atoms with Crippen LogP contribution in [-0.2, 0) is 4.74 Å². The predicted octanol–water partition coefficient (Wildman–Crippen LogP) is 2.83. The third kappa shape index (κ3) is 4.33. The number of hydrogen-bond acceptors (Lipinski definition) is 6. The summed E-state index contributed by atoms with van der Waals surface area (Å²) in [5, 5.41) is 22.9. The van der Waals surface area contributed by atoms with Gasteiger partial charge in [0, 0.05) is 36.0 Å². The van der Waals surface area contributed by atoms with Gasteiger partial charge < -0.3 is 20.3 Å². The Labute approximate surface area is 179 Å². The monoisotopic (exact) mass is 418 g/mol. The number of pyridine rings is 1. The van der Waals surface area contributed by atoms with Crippen LogP contribution < -0.4 is 5.32 Å². The molecule has 3 aromatic rings. The van der Waals surface area contributed by atoms with Crippen molar-refractivity contribution in [3.05, 3.63) is 89.2 Å². The lowest BCUT2D eigenvalue weighted by molar-refractivity contribution is 0.0183. The molecule has 1 aliphatic carbocycles. The largest absolute Gasteiger partial charge is 0.449 e. The summed E-state index contributed by atoms with van der Waals surface area (Å²) in [6.45, 7) is -0.0625. The first-order chi connectivity index (χ1) is 15.1. The molecule has 0 saturated carbocycles. The molecule has 7 nitrogen and oxygen atoms in total. The highest BCUT2D eigenvalue weighted by Crippen LogP contribution is 2.44. The Morgan fingerprint density at radius 3 is 2.35 bits per heavy atom. The van der Waals surface area contributed by atoms with Crippen LogP contribution in [0.4, 0.5) is 4.79 Å². The van der Waals surface area contributed by atoms with Crippen LogP contribution in [0, 0.1) is 0 Å². The summed E-state index contributed by atoms with van der Waals surface area (Å²) in [4.78, 5) is 26.9. The van der Waals surface area contributed by atoms with Gasteiger partial charge in [-0.25, -0.2) is 4.79 Å². The van der Waals surface area contributed by atoms with Crippen LogP contribution in [0.5, 0.6) is 0 Å². The molecule has 1 amide bonds. The Kier molecular flexibility index (Phi) is 6.06. The van der Waals surface area contributed by atoms with Gasteiger partial charge in [0.1, 0.15) is 18.8 Å². The quantitative estimate of drug-likeness (QED) is 0.509. The number of nitrogens with zero attached hydrogens (tertiary/aromatic N) is 1. The molecular formula is C24H22N2O5. The molecular weight excluding hydrogens is 396 g/mol. The van der Waals surface area contributed by atoms with Gasteiger partial charge >= 0.3 is 6.09 Å². The maximum atomic E-state index is 12.2. The first-order valence-electron chi connectivity index (χ1n) is 9.93. The summed E-state index contributed by atoms with van der Waals surface area (Å²) < 4.78 is 5.41. The molecule has 1 heterocycles. The van der Waals surface area contributed by atoms with E-state index in [-0.39, 0.29) is 30.2 Å². The Hall–Kier alpha value is -3.55. The first kappa shape index (κ1) is 20.7. The van der Waals surface area contributed by atoms with E-state index in [0.29, 0.717) is 6.29 Å². The van der Waals surface area contributed by atoms with Crippen LogP contribution in [0.1, 0.15) is 39.1 Å². The Morgan fingerprint density at radius 2 is 1.71 bits per heavy atom. The summed E-state index contributed by atoms with van der Waals surface area (Å²) in [7, 11) is 0. The highest BCUT2D eigenvalue weighted by atomic mass is 16.5. The van der Waals surface area contributed by atoms with E-state index in [9.17, 15) is 19.8 Å². The van der Waals surface area contributed by atoms with E-state index in [1.807, 2.05) is 36.4 Å². The summed E-state index contributed by atoms with van der Waals surface area (Å²) in [5.74, 6) is -0.0641. The molecule has 2 aromatic carbocycles. The highest BCUT2D eigenvalue weighted by Gasteiger charge is 2.29. The topological polar surface area (TPSA) is 109 Å². The number of fused-ring (bicyclic) bond motifs is 3. The number of nitrogens with one attached hydrogen (secondary N) is 1. The van der Waals surface area contributed by atoms with Gasteiger partial charge in [-0.1, -0.05) is 48.5 Å². The van der Waals surface area contributed by atoms with Crippen LogP contribution in [-0.4, -0.2) is 46.8 Å². The van der Waals surface area contributed by atoms with Gasteiger partial charge in [-0.2, -0.15) is 0 Å². The van der Waals surface area contributed by atoms with Crippen molar-refractivity contribution in [3.8, 4) is 11.1 Å². The zero-order valence-corrected chi connectivity index (χ0v) is 16.6. The van der Waals surface area contributed by atoms with E-state index < -0.39 is 18.3 Å². The average molecular weight is 418 g/mol. The molecule has 1 aliphatic rings. The molecule has 158 valence electrons. The molecule has 3 N–H and O–H groups in total. The number of aliphatic hydroxyl groups is 2. The number of hydrogen-bond donors (Lipinski definition) is 3. The molecule has 0 saturated heterocycles. The standard InChI is InChI=1S/C24H22N2O5/c27-13-15-9-16(11-25-10-15)23(29)22(28)12-26-24(30)31-14-21-19-7-3-1-5-17(19)18-6-2-4-8-20(18)21/h1-11,13,21-23,28-29H,12,14H2,(H,26,30). The fourth-order valence-corrected chi connectivity index (χ4v) is 3.87.